The number of hydrogen-bond acceptors (Lipinski definition) is 9. The lowest BCUT2D eigenvalue weighted by Gasteiger charge is -2.31. The van der Waals surface area contributed by atoms with Gasteiger partial charge in [-0.1, -0.05) is 43.2 Å². The monoisotopic (exact) mass is 739 g/mol. The van der Waals surface area contributed by atoms with Crippen LogP contribution in [0.2, 0.25) is 0 Å². The number of amides is 6. The minimum atomic E-state index is -1.30. The van der Waals surface area contributed by atoms with Crippen molar-refractivity contribution in [1.29, 1.82) is 0 Å². The summed E-state index contributed by atoms with van der Waals surface area (Å²) in [6.07, 6.45) is 11.8. The number of carbonyl (C=O) groups excluding carboxylic acids is 5. The lowest BCUT2D eigenvalue weighted by Crippen LogP contribution is -2.59. The second-order valence-corrected chi connectivity index (χ2v) is 16.0. The molecular weight excluding hydrogens is 695 g/mol. The smallest absolute Gasteiger partial charge is 0.315 e. The Morgan fingerprint density at radius 3 is 2.47 bits per heavy atom. The maximum absolute atomic E-state index is 14.6. The molecule has 2 aromatic heterocycles. The van der Waals surface area contributed by atoms with Crippen molar-refractivity contribution in [2.24, 2.45) is 11.8 Å². The predicted molar refractivity (Wildman–Crippen MR) is 198 cm³/mol. The number of para-hydroxylation sites is 2. The van der Waals surface area contributed by atoms with Crippen LogP contribution >= 0.6 is 11.3 Å². The second kappa shape index (κ2) is 14.9. The normalized spacial score (nSPS) is 28.3. The molecule has 4 heterocycles. The number of urea groups is 1. The molecule has 4 fully saturated rings. The van der Waals surface area contributed by atoms with Gasteiger partial charge in [0.1, 0.15) is 29.4 Å². The van der Waals surface area contributed by atoms with Crippen molar-refractivity contribution in [3.63, 3.8) is 0 Å². The van der Waals surface area contributed by atoms with Gasteiger partial charge in [0.15, 0.2) is 0 Å². The summed E-state index contributed by atoms with van der Waals surface area (Å²) in [5.74, 6) is -1.90. The summed E-state index contributed by atoms with van der Waals surface area (Å²) < 4.78 is 6.59. The van der Waals surface area contributed by atoms with Gasteiger partial charge in [0.2, 0.25) is 23.6 Å². The fourth-order valence-corrected chi connectivity index (χ4v) is 8.28. The Balaban J connectivity index is 1.10. The van der Waals surface area contributed by atoms with Gasteiger partial charge in [-0.3, -0.25) is 24.5 Å². The first-order valence-electron chi connectivity index (χ1n) is 19.0. The highest BCUT2D eigenvalue weighted by Crippen LogP contribution is 2.46. The topological polar surface area (TPSA) is 172 Å². The van der Waals surface area contributed by atoms with E-state index in [9.17, 15) is 24.0 Å². The summed E-state index contributed by atoms with van der Waals surface area (Å²) in [7, 11) is 0. The molecule has 1 saturated heterocycles. The zero-order valence-corrected chi connectivity index (χ0v) is 30.4. The third-order valence-corrected chi connectivity index (χ3v) is 12.0. The molecule has 8 rings (SSSR count). The lowest BCUT2D eigenvalue weighted by molar-refractivity contribution is -0.141. The molecule has 14 heteroatoms. The van der Waals surface area contributed by atoms with Crippen molar-refractivity contribution in [3.05, 3.63) is 53.9 Å². The first kappa shape index (κ1) is 35.2. The van der Waals surface area contributed by atoms with Crippen LogP contribution in [0.3, 0.4) is 0 Å². The van der Waals surface area contributed by atoms with Crippen LogP contribution < -0.4 is 26.0 Å². The Labute approximate surface area is 311 Å². The molecular formula is C39H45N7O6S. The van der Waals surface area contributed by atoms with Gasteiger partial charge in [0.05, 0.1) is 22.5 Å². The lowest BCUT2D eigenvalue weighted by atomic mass is 9.93. The van der Waals surface area contributed by atoms with Crippen molar-refractivity contribution >= 4 is 52.0 Å². The third kappa shape index (κ3) is 7.64. The standard InChI is InChI=1S/C39H45N7O6S/c47-33(23-17-18-23)44-37(50)39-21-24(39)10-4-2-1-3-5-15-29(43-38(51)40-25-11-8-12-25)36(49)46-22-26(20-30(46)34(48)45-39)52-35-32(31-16-9-19-53-31)41-27-13-6-7-14-28(27)42-35/h4,6-7,9-10,13-14,16,19,23-26,29-30H,1-3,5,8,11-12,15,17-18,20-22H2,(H,45,48)(H2,40,43,51)(H,44,47,50)/b10-4+/t24?,26-,29-,30+,39-/m1/s1. The number of thiophene rings is 1. The van der Waals surface area contributed by atoms with Gasteiger partial charge in [-0.15, -0.1) is 11.3 Å². The summed E-state index contributed by atoms with van der Waals surface area (Å²) in [5, 5.41) is 13.4. The molecule has 1 unspecified atom stereocenters. The number of allylic oxidation sites excluding steroid dienone is 1. The quantitative estimate of drug-likeness (QED) is 0.204. The molecule has 1 aromatic carbocycles. The van der Waals surface area contributed by atoms with Crippen molar-refractivity contribution < 1.29 is 28.7 Å². The van der Waals surface area contributed by atoms with E-state index in [-0.39, 0.29) is 42.7 Å². The number of nitrogens with one attached hydrogen (secondary N) is 4. The van der Waals surface area contributed by atoms with Crippen LogP contribution in [-0.4, -0.2) is 80.8 Å². The van der Waals surface area contributed by atoms with Gasteiger partial charge >= 0.3 is 6.03 Å². The van der Waals surface area contributed by atoms with Crippen molar-refractivity contribution in [2.75, 3.05) is 6.54 Å². The summed E-state index contributed by atoms with van der Waals surface area (Å²) in [6.45, 7) is 0.0560. The number of benzene rings is 1. The van der Waals surface area contributed by atoms with Gasteiger partial charge in [0.25, 0.3) is 5.91 Å². The number of aromatic nitrogens is 2. The number of carbonyl (C=O) groups is 5. The van der Waals surface area contributed by atoms with Crippen molar-refractivity contribution in [3.8, 4) is 16.5 Å². The molecule has 3 aromatic rings. The Kier molecular flexibility index (Phi) is 9.88. The first-order chi connectivity index (χ1) is 25.8. The molecule has 53 heavy (non-hydrogen) atoms. The fraction of sp³-hybridized carbons (Fsp3) is 0.513. The van der Waals surface area contributed by atoms with E-state index >= 15 is 0 Å². The number of rotatable bonds is 7. The van der Waals surface area contributed by atoms with Gasteiger partial charge in [0, 0.05) is 24.3 Å². The molecule has 5 atom stereocenters. The van der Waals surface area contributed by atoms with E-state index in [1.165, 1.54) is 16.2 Å². The molecule has 6 amide bonds. The van der Waals surface area contributed by atoms with E-state index in [0.717, 1.165) is 56.2 Å². The molecule has 3 aliphatic carbocycles. The number of nitrogens with zero attached hydrogens (tertiary/aromatic N) is 3. The average Bonchev–Trinajstić information content (AvgIpc) is 3.99. The highest BCUT2D eigenvalue weighted by atomic mass is 32.1. The summed E-state index contributed by atoms with van der Waals surface area (Å²) in [5.41, 5.74) is 0.618. The molecule has 4 N–H and O–H groups in total. The highest BCUT2D eigenvalue weighted by molar-refractivity contribution is 7.13. The van der Waals surface area contributed by atoms with Crippen LogP contribution in [-0.2, 0) is 19.2 Å². The zero-order chi connectivity index (χ0) is 36.5. The maximum Gasteiger partial charge on any atom is 0.315 e. The number of hydrogen-bond donors (Lipinski definition) is 4. The van der Waals surface area contributed by atoms with Gasteiger partial charge in [-0.25, -0.2) is 14.8 Å². The minimum Gasteiger partial charge on any atom is -0.471 e. The number of imide groups is 1. The molecule has 2 aliphatic heterocycles. The fourth-order valence-electron chi connectivity index (χ4n) is 7.57. The summed E-state index contributed by atoms with van der Waals surface area (Å²) >= 11 is 1.50. The van der Waals surface area contributed by atoms with Crippen LogP contribution in [0.4, 0.5) is 4.79 Å². The molecule has 13 nitrogen and oxygen atoms in total. The van der Waals surface area contributed by atoms with E-state index in [1.807, 2.05) is 53.9 Å². The average molecular weight is 740 g/mol. The summed E-state index contributed by atoms with van der Waals surface area (Å²) in [6, 6.07) is 9.19. The van der Waals surface area contributed by atoms with Crippen LogP contribution in [0.5, 0.6) is 5.88 Å². The van der Waals surface area contributed by atoms with Crippen LogP contribution in [0.15, 0.2) is 53.9 Å². The van der Waals surface area contributed by atoms with Crippen LogP contribution in [0, 0.1) is 11.8 Å². The van der Waals surface area contributed by atoms with E-state index in [1.54, 1.807) is 0 Å². The minimum absolute atomic E-state index is 0.0560. The van der Waals surface area contributed by atoms with Crippen LogP contribution in [0.1, 0.15) is 77.0 Å². The van der Waals surface area contributed by atoms with E-state index in [0.29, 0.717) is 41.9 Å². The van der Waals surface area contributed by atoms with E-state index in [4.69, 9.17) is 14.7 Å². The molecule has 3 saturated carbocycles. The van der Waals surface area contributed by atoms with Gasteiger partial charge in [-0.2, -0.15) is 0 Å². The SMILES string of the molecule is O=C(NC1CCC1)N[C@@H]1CCCCC/C=C/C2C[C@@]2(C(=O)NC(=O)C2CC2)NC(=O)[C@@H]2C[C@@H](Oc3nc4ccccc4nc3-c3cccs3)CN2C1=O. The Morgan fingerprint density at radius 2 is 1.74 bits per heavy atom. The van der Waals surface area contributed by atoms with Crippen LogP contribution in [0.25, 0.3) is 21.6 Å². The Morgan fingerprint density at radius 1 is 0.925 bits per heavy atom. The molecule has 278 valence electrons. The first-order valence-corrected chi connectivity index (χ1v) is 19.8. The second-order valence-electron chi connectivity index (χ2n) is 15.1. The maximum atomic E-state index is 14.6. The third-order valence-electron chi connectivity index (χ3n) is 11.1. The zero-order valence-electron chi connectivity index (χ0n) is 29.6. The molecule has 0 bridgehead atoms. The highest BCUT2D eigenvalue weighted by Gasteiger charge is 2.61. The molecule has 5 aliphatic rings. The predicted octanol–water partition coefficient (Wildman–Crippen LogP) is 4.37. The largest absolute Gasteiger partial charge is 0.471 e. The Bertz CT molecular complexity index is 1930. The molecule has 0 spiro atoms. The van der Waals surface area contributed by atoms with Crippen molar-refractivity contribution in [1.82, 2.24) is 36.1 Å². The van der Waals surface area contributed by atoms with E-state index < -0.39 is 41.6 Å². The van der Waals surface area contributed by atoms with Gasteiger partial charge in [-0.05, 0) is 81.4 Å². The van der Waals surface area contributed by atoms with Gasteiger partial charge < -0.3 is 25.6 Å². The van der Waals surface area contributed by atoms with Crippen molar-refractivity contribution in [2.45, 2.75) is 107 Å². The molecule has 0 radical (unpaired) electrons. The summed E-state index contributed by atoms with van der Waals surface area (Å²) in [4.78, 5) is 80.5. The Hall–Kier alpha value is -4.85. The number of ether oxygens (including phenoxy) is 1. The van der Waals surface area contributed by atoms with E-state index in [2.05, 4.69) is 21.3 Å². The number of fused-ring (bicyclic) bond motifs is 3.